The Kier molecular flexibility index (Phi) is 5.37. The largest absolute Gasteiger partial charge is 0.326 e. The molecule has 0 aliphatic carbocycles. The normalized spacial score (nSPS) is 18.0. The van der Waals surface area contributed by atoms with Gasteiger partial charge in [-0.2, -0.15) is 0 Å². The molecule has 1 aliphatic rings. The van der Waals surface area contributed by atoms with E-state index >= 15 is 0 Å². The maximum absolute atomic E-state index is 12.4. The van der Waals surface area contributed by atoms with Gasteiger partial charge < -0.3 is 10.6 Å². The van der Waals surface area contributed by atoms with E-state index in [9.17, 15) is 8.42 Å². The minimum absolute atomic E-state index is 0.354. The second-order valence-electron chi connectivity index (χ2n) is 5.90. The summed E-state index contributed by atoms with van der Waals surface area (Å²) in [7, 11) is -1.33. The molecule has 0 spiro atoms. The van der Waals surface area contributed by atoms with Gasteiger partial charge in [-0.05, 0) is 63.0 Å². The fraction of sp³-hybridized carbons (Fsp3) is 0.600. The number of hydrogen-bond acceptors (Lipinski definition) is 4. The highest BCUT2D eigenvalue weighted by Gasteiger charge is 2.21. The van der Waals surface area contributed by atoms with Gasteiger partial charge in [0.2, 0.25) is 10.0 Å². The van der Waals surface area contributed by atoms with E-state index in [-0.39, 0.29) is 0 Å². The van der Waals surface area contributed by atoms with Crippen LogP contribution in [0, 0.1) is 12.8 Å². The third-order valence-electron chi connectivity index (χ3n) is 4.16. The Bertz CT molecular complexity index is 579. The SMILES string of the molecule is Cc1cc(CN)ccc1S(=O)(=O)NCC1CCN(C)CC1. The van der Waals surface area contributed by atoms with Gasteiger partial charge in [0.1, 0.15) is 0 Å². The van der Waals surface area contributed by atoms with E-state index in [2.05, 4.69) is 16.7 Å². The molecular weight excluding hydrogens is 286 g/mol. The second-order valence-corrected chi connectivity index (χ2v) is 7.64. The molecule has 0 bridgehead atoms. The number of aryl methyl sites for hydroxylation is 1. The van der Waals surface area contributed by atoms with Crippen molar-refractivity contribution in [2.24, 2.45) is 11.7 Å². The average Bonchev–Trinajstić information content (AvgIpc) is 2.46. The van der Waals surface area contributed by atoms with Crippen molar-refractivity contribution in [2.75, 3.05) is 26.7 Å². The number of nitrogens with two attached hydrogens (primary N) is 1. The molecular formula is C15H25N3O2S. The highest BCUT2D eigenvalue weighted by molar-refractivity contribution is 7.89. The molecule has 6 heteroatoms. The van der Waals surface area contributed by atoms with Gasteiger partial charge in [0.25, 0.3) is 0 Å². The molecule has 118 valence electrons. The van der Waals surface area contributed by atoms with E-state index in [0.717, 1.165) is 37.1 Å². The van der Waals surface area contributed by atoms with Crippen molar-refractivity contribution >= 4 is 10.0 Å². The number of piperidine rings is 1. The van der Waals surface area contributed by atoms with Gasteiger partial charge in [-0.3, -0.25) is 0 Å². The number of nitrogens with one attached hydrogen (secondary N) is 1. The predicted octanol–water partition coefficient (Wildman–Crippen LogP) is 1.07. The van der Waals surface area contributed by atoms with Crippen LogP contribution in [0.4, 0.5) is 0 Å². The van der Waals surface area contributed by atoms with E-state index < -0.39 is 10.0 Å². The minimum Gasteiger partial charge on any atom is -0.326 e. The van der Waals surface area contributed by atoms with Crippen LogP contribution in [-0.4, -0.2) is 40.0 Å². The van der Waals surface area contributed by atoms with E-state index in [1.54, 1.807) is 12.1 Å². The molecule has 0 amide bonds. The zero-order valence-electron chi connectivity index (χ0n) is 12.8. The van der Waals surface area contributed by atoms with Gasteiger partial charge in [-0.25, -0.2) is 13.1 Å². The molecule has 0 unspecified atom stereocenters. The Hall–Kier alpha value is -0.950. The number of benzene rings is 1. The van der Waals surface area contributed by atoms with Gasteiger partial charge in [0.05, 0.1) is 4.90 Å². The Morgan fingerprint density at radius 1 is 1.33 bits per heavy atom. The summed E-state index contributed by atoms with van der Waals surface area (Å²) in [5, 5.41) is 0. The molecule has 21 heavy (non-hydrogen) atoms. The molecule has 2 rings (SSSR count). The summed E-state index contributed by atoms with van der Waals surface area (Å²) in [6, 6.07) is 5.26. The maximum atomic E-state index is 12.4. The van der Waals surface area contributed by atoms with Crippen LogP contribution < -0.4 is 10.5 Å². The van der Waals surface area contributed by atoms with Crippen LogP contribution in [0.2, 0.25) is 0 Å². The van der Waals surface area contributed by atoms with E-state index in [1.165, 1.54) is 0 Å². The van der Waals surface area contributed by atoms with Gasteiger partial charge in [0.15, 0.2) is 0 Å². The number of hydrogen-bond donors (Lipinski definition) is 2. The van der Waals surface area contributed by atoms with E-state index in [4.69, 9.17) is 5.73 Å². The molecule has 0 atom stereocenters. The van der Waals surface area contributed by atoms with Crippen LogP contribution in [0.25, 0.3) is 0 Å². The lowest BCUT2D eigenvalue weighted by atomic mass is 9.98. The van der Waals surface area contributed by atoms with Crippen molar-refractivity contribution in [3.8, 4) is 0 Å². The number of likely N-dealkylation sites (tertiary alicyclic amines) is 1. The lowest BCUT2D eigenvalue weighted by Crippen LogP contribution is -2.37. The van der Waals surface area contributed by atoms with Gasteiger partial charge in [-0.15, -0.1) is 0 Å². The van der Waals surface area contributed by atoms with Crippen molar-refractivity contribution in [1.29, 1.82) is 0 Å². The summed E-state index contributed by atoms with van der Waals surface area (Å²) in [6.45, 7) is 4.83. The molecule has 0 radical (unpaired) electrons. The Labute approximate surface area is 127 Å². The van der Waals surface area contributed by atoms with Crippen LogP contribution in [-0.2, 0) is 16.6 Å². The van der Waals surface area contributed by atoms with Crippen molar-refractivity contribution in [2.45, 2.75) is 31.2 Å². The van der Waals surface area contributed by atoms with E-state index in [1.807, 2.05) is 13.0 Å². The quantitative estimate of drug-likeness (QED) is 0.853. The zero-order valence-corrected chi connectivity index (χ0v) is 13.6. The maximum Gasteiger partial charge on any atom is 0.240 e. The first kappa shape index (κ1) is 16.4. The fourth-order valence-corrected chi connectivity index (χ4v) is 4.05. The number of rotatable bonds is 5. The Balaban J connectivity index is 2.01. The third kappa shape index (κ3) is 4.26. The summed E-state index contributed by atoms with van der Waals surface area (Å²) in [4.78, 5) is 2.63. The number of sulfonamides is 1. The molecule has 1 saturated heterocycles. The van der Waals surface area contributed by atoms with Crippen molar-refractivity contribution < 1.29 is 8.42 Å². The third-order valence-corrected chi connectivity index (χ3v) is 5.75. The van der Waals surface area contributed by atoms with Crippen molar-refractivity contribution in [3.63, 3.8) is 0 Å². The molecule has 5 nitrogen and oxygen atoms in total. The van der Waals surface area contributed by atoms with Gasteiger partial charge in [0, 0.05) is 13.1 Å². The summed E-state index contributed by atoms with van der Waals surface area (Å²) < 4.78 is 27.6. The topological polar surface area (TPSA) is 75.4 Å². The molecule has 0 aromatic heterocycles. The smallest absolute Gasteiger partial charge is 0.240 e. The van der Waals surface area contributed by atoms with Crippen LogP contribution in [0.3, 0.4) is 0 Å². The first-order valence-electron chi connectivity index (χ1n) is 7.40. The van der Waals surface area contributed by atoms with Gasteiger partial charge >= 0.3 is 0 Å². The summed E-state index contributed by atoms with van der Waals surface area (Å²) in [5.41, 5.74) is 7.27. The molecule has 1 aromatic rings. The predicted molar refractivity (Wildman–Crippen MR) is 84.5 cm³/mol. The van der Waals surface area contributed by atoms with Crippen molar-refractivity contribution in [1.82, 2.24) is 9.62 Å². The summed E-state index contributed by atoms with van der Waals surface area (Å²) >= 11 is 0. The van der Waals surface area contributed by atoms with Crippen LogP contribution in [0.1, 0.15) is 24.0 Å². The second kappa shape index (κ2) is 6.87. The lowest BCUT2D eigenvalue weighted by molar-refractivity contribution is 0.220. The molecule has 1 fully saturated rings. The Morgan fingerprint density at radius 2 is 2.00 bits per heavy atom. The molecule has 3 N–H and O–H groups in total. The number of nitrogens with zero attached hydrogens (tertiary/aromatic N) is 1. The lowest BCUT2D eigenvalue weighted by Gasteiger charge is -2.28. The average molecular weight is 311 g/mol. The summed E-state index contributed by atoms with van der Waals surface area (Å²) in [6.07, 6.45) is 2.09. The first-order valence-corrected chi connectivity index (χ1v) is 8.88. The van der Waals surface area contributed by atoms with Crippen LogP contribution in [0.15, 0.2) is 23.1 Å². The highest BCUT2D eigenvalue weighted by Crippen LogP contribution is 2.19. The van der Waals surface area contributed by atoms with Gasteiger partial charge in [-0.1, -0.05) is 12.1 Å². The monoisotopic (exact) mass is 311 g/mol. The highest BCUT2D eigenvalue weighted by atomic mass is 32.2. The molecule has 1 heterocycles. The molecule has 1 aromatic carbocycles. The standard InChI is InChI=1S/C15H25N3O2S/c1-12-9-14(10-16)3-4-15(12)21(19,20)17-11-13-5-7-18(2)8-6-13/h3-4,9,13,17H,5-8,10-11,16H2,1-2H3. The van der Waals surface area contributed by atoms with E-state index in [0.29, 0.717) is 23.9 Å². The molecule has 1 aliphatic heterocycles. The zero-order chi connectivity index (χ0) is 15.5. The van der Waals surface area contributed by atoms with Crippen LogP contribution in [0.5, 0.6) is 0 Å². The summed E-state index contributed by atoms with van der Waals surface area (Å²) in [5.74, 6) is 0.430. The first-order chi connectivity index (χ1) is 9.92. The minimum atomic E-state index is -3.43. The van der Waals surface area contributed by atoms with Crippen LogP contribution >= 0.6 is 0 Å². The molecule has 0 saturated carbocycles. The fourth-order valence-electron chi connectivity index (χ4n) is 2.71. The van der Waals surface area contributed by atoms with Crippen molar-refractivity contribution in [3.05, 3.63) is 29.3 Å². The Morgan fingerprint density at radius 3 is 2.57 bits per heavy atom.